The highest BCUT2D eigenvalue weighted by Crippen LogP contribution is 2.39. The number of halogens is 2. The van der Waals surface area contributed by atoms with Crippen LogP contribution >= 0.6 is 35.0 Å². The Kier molecular flexibility index (Phi) is 8.37. The van der Waals surface area contributed by atoms with Gasteiger partial charge in [0.05, 0.1) is 10.6 Å². The molecule has 0 saturated carbocycles. The van der Waals surface area contributed by atoms with E-state index in [1.807, 2.05) is 29.2 Å². The Morgan fingerprint density at radius 2 is 1.40 bits per heavy atom. The number of anilines is 2. The maximum Gasteiger partial charge on any atom is 0.261 e. The van der Waals surface area contributed by atoms with Crippen molar-refractivity contribution in [2.75, 3.05) is 15.8 Å². The molecule has 4 aromatic rings. The molecule has 0 unspecified atom stereocenters. The summed E-state index contributed by atoms with van der Waals surface area (Å²) >= 11 is 13.4. The van der Waals surface area contributed by atoms with Gasteiger partial charge in [-0.3, -0.25) is 14.3 Å². The third kappa shape index (κ3) is 6.62. The predicted molar refractivity (Wildman–Crippen MR) is 160 cm³/mol. The molecule has 40 heavy (non-hydrogen) atoms. The van der Waals surface area contributed by atoms with Crippen LogP contribution in [0.25, 0.3) is 0 Å². The summed E-state index contributed by atoms with van der Waals surface area (Å²) in [7, 11) is -3.81. The number of carbonyl (C=O) groups is 2. The molecule has 1 atom stereocenters. The van der Waals surface area contributed by atoms with E-state index in [0.29, 0.717) is 39.3 Å². The molecule has 1 aliphatic heterocycles. The van der Waals surface area contributed by atoms with Crippen molar-refractivity contribution in [2.24, 2.45) is 0 Å². The van der Waals surface area contributed by atoms with E-state index in [4.69, 9.17) is 23.2 Å². The van der Waals surface area contributed by atoms with Gasteiger partial charge in [-0.1, -0.05) is 47.5 Å². The molecule has 1 heterocycles. The molecular weight excluding hydrogens is 589 g/mol. The van der Waals surface area contributed by atoms with E-state index in [2.05, 4.69) is 10.0 Å². The van der Waals surface area contributed by atoms with Crippen LogP contribution in [0.2, 0.25) is 10.0 Å². The first kappa shape index (κ1) is 28.0. The van der Waals surface area contributed by atoms with Gasteiger partial charge in [-0.2, -0.15) is 0 Å². The van der Waals surface area contributed by atoms with Gasteiger partial charge in [-0.25, -0.2) is 8.42 Å². The zero-order valence-electron chi connectivity index (χ0n) is 20.9. The summed E-state index contributed by atoms with van der Waals surface area (Å²) in [4.78, 5) is 27.3. The molecule has 4 aromatic carbocycles. The van der Waals surface area contributed by atoms with E-state index in [-0.39, 0.29) is 22.1 Å². The Bertz CT molecular complexity index is 1630. The minimum Gasteiger partial charge on any atom is -0.322 e. The molecule has 0 aromatic heterocycles. The number of hydrogen-bond acceptors (Lipinski definition) is 5. The van der Waals surface area contributed by atoms with Crippen molar-refractivity contribution in [1.29, 1.82) is 0 Å². The quantitative estimate of drug-likeness (QED) is 0.228. The lowest BCUT2D eigenvalue weighted by Gasteiger charge is -2.24. The Morgan fingerprint density at radius 3 is 2.02 bits per heavy atom. The second-order valence-electron chi connectivity index (χ2n) is 9.02. The Hall–Kier alpha value is -3.50. The second-order valence-corrected chi connectivity index (χ2v) is 12.6. The van der Waals surface area contributed by atoms with Crippen LogP contribution in [-0.4, -0.2) is 30.9 Å². The molecule has 0 bridgehead atoms. The van der Waals surface area contributed by atoms with Gasteiger partial charge in [-0.15, -0.1) is 11.8 Å². The Balaban J connectivity index is 1.22. The van der Waals surface area contributed by atoms with Crippen molar-refractivity contribution >= 4 is 68.2 Å². The van der Waals surface area contributed by atoms with Gasteiger partial charge in [0.15, 0.2) is 0 Å². The van der Waals surface area contributed by atoms with E-state index in [9.17, 15) is 18.0 Å². The molecule has 0 aliphatic carbocycles. The van der Waals surface area contributed by atoms with Crippen molar-refractivity contribution in [3.05, 3.63) is 124 Å². The molecule has 2 N–H and O–H groups in total. The molecule has 1 aliphatic rings. The number of nitrogens with one attached hydrogen (secondary N) is 2. The van der Waals surface area contributed by atoms with Gasteiger partial charge in [-0.05, 0) is 83.9 Å². The van der Waals surface area contributed by atoms with Crippen LogP contribution < -0.4 is 10.0 Å². The highest BCUT2D eigenvalue weighted by atomic mass is 35.5. The van der Waals surface area contributed by atoms with Gasteiger partial charge in [0.1, 0.15) is 5.37 Å². The highest BCUT2D eigenvalue weighted by molar-refractivity contribution is 8.00. The number of sulfonamides is 1. The lowest BCUT2D eigenvalue weighted by atomic mass is 10.1. The summed E-state index contributed by atoms with van der Waals surface area (Å²) < 4.78 is 27.8. The summed E-state index contributed by atoms with van der Waals surface area (Å²) in [6.45, 7) is 0.469. The normalized spacial score (nSPS) is 15.2. The highest BCUT2D eigenvalue weighted by Gasteiger charge is 2.32. The first-order valence-corrected chi connectivity index (χ1v) is 15.4. The molecule has 11 heteroatoms. The van der Waals surface area contributed by atoms with Gasteiger partial charge in [0.25, 0.3) is 15.9 Å². The molecule has 0 radical (unpaired) electrons. The van der Waals surface area contributed by atoms with E-state index in [1.54, 1.807) is 60.3 Å². The predicted octanol–water partition coefficient (Wildman–Crippen LogP) is 6.82. The maximum atomic E-state index is 12.8. The largest absolute Gasteiger partial charge is 0.322 e. The molecular formula is C29H23Cl2N3O4S2. The molecule has 7 nitrogen and oxygen atoms in total. The number of nitrogens with zero attached hydrogens (tertiary/aromatic N) is 1. The minimum absolute atomic E-state index is 0.0524. The third-order valence-corrected chi connectivity index (χ3v) is 9.37. The standard InChI is InChI=1S/C29H23Cl2N3O4S2/c30-22-7-1-19(2-8-22)17-34-27(35)18-39-29(34)21-5-3-20(4-6-21)28(36)32-24-13-15-26(16-14-24)40(37,38)33-25-11-9-23(31)10-12-25/h1-16,29,33H,17-18H2,(H,32,36)/t29-/m1/s1. The fraction of sp³-hybridized carbons (Fsp3) is 0.103. The van der Waals surface area contributed by atoms with Crippen molar-refractivity contribution in [3.8, 4) is 0 Å². The molecule has 0 spiro atoms. The van der Waals surface area contributed by atoms with E-state index >= 15 is 0 Å². The molecule has 1 fully saturated rings. The average Bonchev–Trinajstić information content (AvgIpc) is 3.31. The average molecular weight is 613 g/mol. The van der Waals surface area contributed by atoms with Gasteiger partial charge in [0.2, 0.25) is 5.91 Å². The topological polar surface area (TPSA) is 95.6 Å². The van der Waals surface area contributed by atoms with Crippen LogP contribution in [0.4, 0.5) is 11.4 Å². The van der Waals surface area contributed by atoms with Crippen molar-refractivity contribution in [3.63, 3.8) is 0 Å². The van der Waals surface area contributed by atoms with Crippen LogP contribution in [0, 0.1) is 0 Å². The second kappa shape index (κ2) is 11.9. The van der Waals surface area contributed by atoms with Crippen LogP contribution in [0.5, 0.6) is 0 Å². The number of benzene rings is 4. The summed E-state index contributed by atoms with van der Waals surface area (Å²) in [5.41, 5.74) is 3.18. The summed E-state index contributed by atoms with van der Waals surface area (Å²) in [6.07, 6.45) is 0. The third-order valence-electron chi connectivity index (χ3n) is 6.21. The van der Waals surface area contributed by atoms with Crippen LogP contribution in [0.3, 0.4) is 0 Å². The fourth-order valence-electron chi connectivity index (χ4n) is 4.14. The van der Waals surface area contributed by atoms with E-state index in [0.717, 1.165) is 11.1 Å². The zero-order chi connectivity index (χ0) is 28.3. The first-order chi connectivity index (χ1) is 19.2. The minimum atomic E-state index is -3.81. The van der Waals surface area contributed by atoms with Crippen LogP contribution in [0.15, 0.2) is 102 Å². The number of thioether (sulfide) groups is 1. The lowest BCUT2D eigenvalue weighted by molar-refractivity contribution is -0.128. The van der Waals surface area contributed by atoms with Crippen molar-refractivity contribution in [2.45, 2.75) is 16.8 Å². The SMILES string of the molecule is O=C(Nc1ccc(S(=O)(=O)Nc2ccc(Cl)cc2)cc1)c1ccc([C@H]2SCC(=O)N2Cc2ccc(Cl)cc2)cc1. The Morgan fingerprint density at radius 1 is 0.825 bits per heavy atom. The van der Waals surface area contributed by atoms with Crippen LogP contribution in [-0.2, 0) is 21.4 Å². The first-order valence-electron chi connectivity index (χ1n) is 12.1. The number of rotatable bonds is 8. The molecule has 204 valence electrons. The lowest BCUT2D eigenvalue weighted by Crippen LogP contribution is -2.27. The number of amides is 2. The smallest absolute Gasteiger partial charge is 0.261 e. The van der Waals surface area contributed by atoms with Gasteiger partial charge < -0.3 is 10.2 Å². The molecule has 5 rings (SSSR count). The van der Waals surface area contributed by atoms with E-state index in [1.165, 1.54) is 24.3 Å². The molecule has 1 saturated heterocycles. The van der Waals surface area contributed by atoms with E-state index < -0.39 is 10.0 Å². The van der Waals surface area contributed by atoms with Crippen LogP contribution in [0.1, 0.15) is 26.9 Å². The number of carbonyl (C=O) groups excluding carboxylic acids is 2. The van der Waals surface area contributed by atoms with Crippen molar-refractivity contribution in [1.82, 2.24) is 4.90 Å². The summed E-state index contributed by atoms with van der Waals surface area (Å²) in [5, 5.41) is 3.77. The summed E-state index contributed by atoms with van der Waals surface area (Å²) in [6, 6.07) is 26.7. The zero-order valence-corrected chi connectivity index (χ0v) is 24.0. The Labute approximate surface area is 246 Å². The monoisotopic (exact) mass is 611 g/mol. The molecule has 2 amide bonds. The fourth-order valence-corrected chi connectivity index (χ4v) is 6.64. The van der Waals surface area contributed by atoms with Gasteiger partial charge >= 0.3 is 0 Å². The maximum absolute atomic E-state index is 12.8. The van der Waals surface area contributed by atoms with Crippen molar-refractivity contribution < 1.29 is 18.0 Å². The van der Waals surface area contributed by atoms with Gasteiger partial charge in [0, 0.05) is 33.5 Å². The summed E-state index contributed by atoms with van der Waals surface area (Å²) in [5.74, 6) is 0.108. The number of hydrogen-bond donors (Lipinski definition) is 2.